The number of aromatic nitrogens is 2. The van der Waals surface area contributed by atoms with Crippen molar-refractivity contribution < 1.29 is 33.8 Å². The minimum atomic E-state index is -1.26. The normalized spacial score (nSPS) is 20.5. The number of rotatable bonds is 11. The summed E-state index contributed by atoms with van der Waals surface area (Å²) >= 11 is 0. The van der Waals surface area contributed by atoms with Crippen molar-refractivity contribution in [3.63, 3.8) is 0 Å². The number of amides is 5. The predicted molar refractivity (Wildman–Crippen MR) is 201 cm³/mol. The first kappa shape index (κ1) is 38.3. The molecule has 1 unspecified atom stereocenters. The molecule has 0 radical (unpaired) electrons. The minimum absolute atomic E-state index is 0.0956. The van der Waals surface area contributed by atoms with E-state index in [-0.39, 0.29) is 41.6 Å². The lowest BCUT2D eigenvalue weighted by molar-refractivity contribution is -0.141. The number of hydrogen-bond acceptors (Lipinski definition) is 7. The van der Waals surface area contributed by atoms with E-state index in [1.165, 1.54) is 23.1 Å². The summed E-state index contributed by atoms with van der Waals surface area (Å²) in [4.78, 5) is 74.9. The quantitative estimate of drug-likeness (QED) is 0.188. The summed E-state index contributed by atoms with van der Waals surface area (Å²) in [5.41, 5.74) is 6.27. The molecule has 54 heavy (non-hydrogen) atoms. The van der Waals surface area contributed by atoms with Crippen LogP contribution in [-0.4, -0.2) is 99.1 Å². The summed E-state index contributed by atoms with van der Waals surface area (Å²) in [6, 6.07) is 12.1. The molecule has 5 amide bonds. The molecule has 0 spiro atoms. The number of nitrogens with zero attached hydrogens (tertiary/aromatic N) is 3. The van der Waals surface area contributed by atoms with Gasteiger partial charge in [0.05, 0.1) is 25.0 Å². The van der Waals surface area contributed by atoms with Crippen LogP contribution in [0.1, 0.15) is 76.4 Å². The number of imidazole rings is 1. The molecule has 5 atom stereocenters. The Balaban J connectivity index is 1.08. The fraction of sp³-hybridized carbons (Fsp3) is 0.500. The van der Waals surface area contributed by atoms with Crippen molar-refractivity contribution in [2.45, 2.75) is 96.4 Å². The van der Waals surface area contributed by atoms with Crippen molar-refractivity contribution in [2.75, 3.05) is 20.2 Å². The van der Waals surface area contributed by atoms with Gasteiger partial charge in [0.2, 0.25) is 17.7 Å². The largest absolute Gasteiger partial charge is 0.465 e. The van der Waals surface area contributed by atoms with Crippen LogP contribution in [0.5, 0.6) is 0 Å². The molecule has 288 valence electrons. The number of benzene rings is 2. The second kappa shape index (κ2) is 16.3. The maximum Gasteiger partial charge on any atom is 0.407 e. The predicted octanol–water partition coefficient (Wildman–Crippen LogP) is 4.65. The molecule has 0 saturated carbocycles. The molecule has 6 rings (SSSR count). The van der Waals surface area contributed by atoms with Crippen LogP contribution < -0.4 is 16.0 Å². The van der Waals surface area contributed by atoms with Gasteiger partial charge in [0.1, 0.15) is 23.9 Å². The van der Waals surface area contributed by atoms with Gasteiger partial charge in [-0.2, -0.15) is 0 Å². The van der Waals surface area contributed by atoms with E-state index in [9.17, 15) is 29.1 Å². The Morgan fingerprint density at radius 1 is 0.815 bits per heavy atom. The third-order valence-electron chi connectivity index (χ3n) is 10.9. The van der Waals surface area contributed by atoms with Gasteiger partial charge in [-0.05, 0) is 78.2 Å². The zero-order valence-corrected chi connectivity index (χ0v) is 31.6. The van der Waals surface area contributed by atoms with E-state index in [1.807, 2.05) is 26.0 Å². The molecule has 5 N–H and O–H groups in total. The molecular weight excluding hydrogens is 690 g/mol. The third kappa shape index (κ3) is 8.22. The van der Waals surface area contributed by atoms with Gasteiger partial charge in [-0.3, -0.25) is 14.4 Å². The minimum Gasteiger partial charge on any atom is -0.465 e. The Kier molecular flexibility index (Phi) is 11.6. The average Bonchev–Trinajstić information content (AvgIpc) is 3.98. The van der Waals surface area contributed by atoms with Gasteiger partial charge in [0.25, 0.3) is 0 Å². The number of aromatic amines is 1. The third-order valence-corrected chi connectivity index (χ3v) is 10.9. The highest BCUT2D eigenvalue weighted by atomic mass is 16.5. The number of nitrogens with one attached hydrogen (secondary N) is 4. The van der Waals surface area contributed by atoms with Gasteiger partial charge < -0.3 is 40.6 Å². The molecule has 3 heterocycles. The maximum absolute atomic E-state index is 13.5. The van der Waals surface area contributed by atoms with Gasteiger partial charge in [-0.1, -0.05) is 70.2 Å². The molecule has 1 aliphatic carbocycles. The van der Waals surface area contributed by atoms with Gasteiger partial charge >= 0.3 is 12.2 Å². The Morgan fingerprint density at radius 3 is 2.11 bits per heavy atom. The van der Waals surface area contributed by atoms with Gasteiger partial charge in [0, 0.05) is 19.1 Å². The van der Waals surface area contributed by atoms with Crippen molar-refractivity contribution in [1.29, 1.82) is 0 Å². The first-order valence-corrected chi connectivity index (χ1v) is 18.9. The summed E-state index contributed by atoms with van der Waals surface area (Å²) in [5, 5.41) is 17.4. The highest BCUT2D eigenvalue weighted by molar-refractivity contribution is 5.92. The standard InChI is InChI=1S/C40H51N7O7/c1-22(2)33(44-39(51)52)37(49)47-17-7-9-32(47)36(48)42-29-19-27-15-14-26(18-28(27)20-29)24-10-12-25(13-11-24)30-21-41-35(43-30)31-8-6-16-46(31)38(50)34(23(3)4)45-40(53)54-5/h10-15,18,21-23,29,31-34,44H,6-9,16-17,19-20H2,1-5H3,(H,41,43)(H,42,48)(H,45,53)(H,51,52)/t29?,31-,32-,33-,34-/m0/s1. The number of carboxylic acid groups (broad SMARTS) is 1. The summed E-state index contributed by atoms with van der Waals surface area (Å²) in [6.07, 6.45) is 4.11. The number of alkyl carbamates (subject to hydrolysis) is 1. The Hall–Kier alpha value is -5.40. The van der Waals surface area contributed by atoms with Crippen molar-refractivity contribution in [2.24, 2.45) is 11.8 Å². The molecule has 2 saturated heterocycles. The Labute approximate surface area is 315 Å². The van der Waals surface area contributed by atoms with E-state index in [0.717, 1.165) is 35.2 Å². The smallest absolute Gasteiger partial charge is 0.407 e. The van der Waals surface area contributed by atoms with E-state index in [2.05, 4.69) is 56.3 Å². The van der Waals surface area contributed by atoms with E-state index >= 15 is 0 Å². The lowest BCUT2D eigenvalue weighted by Crippen LogP contribution is -2.55. The van der Waals surface area contributed by atoms with E-state index < -0.39 is 30.3 Å². The summed E-state index contributed by atoms with van der Waals surface area (Å²) in [7, 11) is 1.28. The first-order chi connectivity index (χ1) is 25.8. The fourth-order valence-corrected chi connectivity index (χ4v) is 8.01. The van der Waals surface area contributed by atoms with Crippen LogP contribution in [0.2, 0.25) is 0 Å². The van der Waals surface area contributed by atoms with Crippen molar-refractivity contribution >= 4 is 29.9 Å². The van der Waals surface area contributed by atoms with Crippen molar-refractivity contribution in [3.8, 4) is 22.4 Å². The zero-order valence-electron chi connectivity index (χ0n) is 31.6. The number of methoxy groups -OCH3 is 1. The van der Waals surface area contributed by atoms with Crippen LogP contribution in [0.25, 0.3) is 22.4 Å². The second-order valence-corrected chi connectivity index (χ2v) is 15.3. The fourth-order valence-electron chi connectivity index (χ4n) is 8.01. The lowest BCUT2D eigenvalue weighted by atomic mass is 9.99. The monoisotopic (exact) mass is 741 g/mol. The molecule has 14 heteroatoms. The number of carbonyl (C=O) groups is 5. The van der Waals surface area contributed by atoms with Gasteiger partial charge in [0.15, 0.2) is 0 Å². The SMILES string of the molecule is COC(=O)N[C@H](C(=O)N1CCC[C@H]1c1ncc(-c2ccc(-c3ccc4c(c3)CC(NC(=O)[C@@H]3CCCN3C(=O)[C@@H](NC(=O)O)C(C)C)C4)cc2)[nH]1)C(C)C. The molecule has 2 fully saturated rings. The zero-order chi connectivity index (χ0) is 38.7. The summed E-state index contributed by atoms with van der Waals surface area (Å²) < 4.78 is 4.75. The van der Waals surface area contributed by atoms with Gasteiger partial charge in [-0.25, -0.2) is 14.6 Å². The van der Waals surface area contributed by atoms with Crippen molar-refractivity contribution in [1.82, 2.24) is 35.7 Å². The van der Waals surface area contributed by atoms with Crippen LogP contribution in [0.15, 0.2) is 48.7 Å². The molecule has 14 nitrogen and oxygen atoms in total. The van der Waals surface area contributed by atoms with Crippen LogP contribution in [0.4, 0.5) is 9.59 Å². The molecule has 1 aromatic heterocycles. The van der Waals surface area contributed by atoms with Crippen molar-refractivity contribution in [3.05, 3.63) is 65.6 Å². The van der Waals surface area contributed by atoms with Crippen LogP contribution in [-0.2, 0) is 32.0 Å². The molecule has 3 aliphatic rings. The number of H-pyrrole nitrogens is 1. The lowest BCUT2D eigenvalue weighted by Gasteiger charge is -2.30. The highest BCUT2D eigenvalue weighted by Crippen LogP contribution is 2.34. The summed E-state index contributed by atoms with van der Waals surface area (Å²) in [5.74, 6) is -0.358. The second-order valence-electron chi connectivity index (χ2n) is 15.3. The molecule has 0 bridgehead atoms. The Bertz CT molecular complexity index is 1870. The summed E-state index contributed by atoms with van der Waals surface area (Å²) in [6.45, 7) is 8.36. The van der Waals surface area contributed by atoms with Crippen LogP contribution in [0, 0.1) is 11.8 Å². The maximum atomic E-state index is 13.5. The first-order valence-electron chi connectivity index (χ1n) is 18.9. The average molecular weight is 742 g/mol. The molecule has 2 aromatic carbocycles. The molecule has 3 aromatic rings. The molecular formula is C40H51N7O7. The topological polar surface area (TPSA) is 186 Å². The highest BCUT2D eigenvalue weighted by Gasteiger charge is 2.40. The number of hydrogen-bond donors (Lipinski definition) is 5. The van der Waals surface area contributed by atoms with Gasteiger partial charge in [-0.15, -0.1) is 0 Å². The number of ether oxygens (including phenoxy) is 1. The van der Waals surface area contributed by atoms with Crippen LogP contribution in [0.3, 0.4) is 0 Å². The number of carbonyl (C=O) groups excluding carboxylic acids is 4. The number of likely N-dealkylation sites (tertiary alicyclic amines) is 2. The number of fused-ring (bicyclic) bond motifs is 1. The van der Waals surface area contributed by atoms with E-state index in [0.29, 0.717) is 44.6 Å². The molecule has 2 aliphatic heterocycles. The van der Waals surface area contributed by atoms with Crippen LogP contribution >= 0.6 is 0 Å². The Morgan fingerprint density at radius 2 is 1.43 bits per heavy atom. The van der Waals surface area contributed by atoms with E-state index in [4.69, 9.17) is 4.74 Å². The van der Waals surface area contributed by atoms with E-state index in [1.54, 1.807) is 24.9 Å².